The molecule has 0 unspecified atom stereocenters. The number of hydrogen-bond donors (Lipinski definition) is 1. The van der Waals surface area contributed by atoms with Crippen LogP contribution in [-0.2, 0) is 16.0 Å². The van der Waals surface area contributed by atoms with E-state index in [0.29, 0.717) is 13.2 Å². The molecule has 0 bridgehead atoms. The van der Waals surface area contributed by atoms with Gasteiger partial charge in [-0.25, -0.2) is 0 Å². The summed E-state index contributed by atoms with van der Waals surface area (Å²) in [4.78, 5) is 0. The summed E-state index contributed by atoms with van der Waals surface area (Å²) in [6.45, 7) is 3.84. The average Bonchev–Trinajstić information content (AvgIpc) is 2.52. The van der Waals surface area contributed by atoms with Crippen molar-refractivity contribution < 1.29 is 18.9 Å². The van der Waals surface area contributed by atoms with Crippen LogP contribution in [0.3, 0.4) is 0 Å². The maximum absolute atomic E-state index is 5.42. The Hall–Kier alpha value is -1.30. The van der Waals surface area contributed by atoms with Crippen LogP contribution in [0.15, 0.2) is 18.2 Å². The largest absolute Gasteiger partial charge is 0.493 e. The van der Waals surface area contributed by atoms with Gasteiger partial charge in [0.15, 0.2) is 11.5 Å². The first-order valence-corrected chi connectivity index (χ1v) is 7.30. The lowest BCUT2D eigenvalue weighted by atomic mass is 10.2. The van der Waals surface area contributed by atoms with E-state index < -0.39 is 0 Å². The van der Waals surface area contributed by atoms with Crippen molar-refractivity contribution in [3.8, 4) is 11.5 Å². The molecular formula is C16H27NO4. The first-order valence-electron chi connectivity index (χ1n) is 7.30. The van der Waals surface area contributed by atoms with Crippen LogP contribution in [0.5, 0.6) is 11.5 Å². The van der Waals surface area contributed by atoms with Crippen LogP contribution in [0.1, 0.15) is 18.4 Å². The van der Waals surface area contributed by atoms with Crippen LogP contribution >= 0.6 is 0 Å². The molecule has 0 amide bonds. The molecule has 1 aromatic rings. The third kappa shape index (κ3) is 6.80. The van der Waals surface area contributed by atoms with Crippen LogP contribution in [0.4, 0.5) is 0 Å². The number of ether oxygens (including phenoxy) is 4. The van der Waals surface area contributed by atoms with Crippen LogP contribution < -0.4 is 14.8 Å². The fraction of sp³-hybridized carbons (Fsp3) is 0.625. The highest BCUT2D eigenvalue weighted by Crippen LogP contribution is 2.30. The number of unbranched alkanes of at least 4 members (excludes halogenated alkanes) is 1. The second-order valence-electron chi connectivity index (χ2n) is 4.64. The lowest BCUT2D eigenvalue weighted by Crippen LogP contribution is -2.16. The van der Waals surface area contributed by atoms with Crippen molar-refractivity contribution in [2.45, 2.75) is 19.4 Å². The van der Waals surface area contributed by atoms with Crippen molar-refractivity contribution in [1.82, 2.24) is 5.32 Å². The molecule has 1 N–H and O–H groups in total. The Bertz CT molecular complexity index is 385. The predicted molar refractivity (Wildman–Crippen MR) is 83.2 cm³/mol. The van der Waals surface area contributed by atoms with Gasteiger partial charge in [-0.05, 0) is 25.5 Å². The Morgan fingerprint density at radius 3 is 2.52 bits per heavy atom. The molecule has 0 saturated carbocycles. The van der Waals surface area contributed by atoms with Crippen molar-refractivity contribution in [3.63, 3.8) is 0 Å². The number of methoxy groups -OCH3 is 3. The van der Waals surface area contributed by atoms with Crippen molar-refractivity contribution in [2.75, 3.05) is 47.7 Å². The molecule has 5 nitrogen and oxygen atoms in total. The van der Waals surface area contributed by atoms with Gasteiger partial charge in [-0.2, -0.15) is 0 Å². The highest BCUT2D eigenvalue weighted by Gasteiger charge is 2.08. The summed E-state index contributed by atoms with van der Waals surface area (Å²) < 4.78 is 21.0. The maximum atomic E-state index is 5.42. The van der Waals surface area contributed by atoms with Crippen molar-refractivity contribution in [1.29, 1.82) is 0 Å². The maximum Gasteiger partial charge on any atom is 0.165 e. The van der Waals surface area contributed by atoms with Gasteiger partial charge in [0.25, 0.3) is 0 Å². The highest BCUT2D eigenvalue weighted by molar-refractivity contribution is 5.46. The molecule has 1 rings (SSSR count). The first kappa shape index (κ1) is 17.8. The zero-order valence-corrected chi connectivity index (χ0v) is 13.3. The van der Waals surface area contributed by atoms with Crippen molar-refractivity contribution in [2.24, 2.45) is 0 Å². The van der Waals surface area contributed by atoms with Crippen LogP contribution in [0, 0.1) is 0 Å². The summed E-state index contributed by atoms with van der Waals surface area (Å²) >= 11 is 0. The molecule has 120 valence electrons. The third-order valence-corrected chi connectivity index (χ3v) is 3.12. The Balaban J connectivity index is 2.18. The van der Waals surface area contributed by atoms with Crippen molar-refractivity contribution >= 4 is 0 Å². The summed E-state index contributed by atoms with van der Waals surface area (Å²) in [5.41, 5.74) is 1.10. The van der Waals surface area contributed by atoms with Gasteiger partial charge in [-0.15, -0.1) is 0 Å². The van der Waals surface area contributed by atoms with Crippen LogP contribution in [0.25, 0.3) is 0 Å². The van der Waals surface area contributed by atoms with E-state index in [1.165, 1.54) is 0 Å². The SMILES string of the molecule is COCCOCCCCNCc1cccc(OC)c1OC. The number of hydrogen-bond acceptors (Lipinski definition) is 5. The van der Waals surface area contributed by atoms with Crippen LogP contribution in [-0.4, -0.2) is 47.7 Å². The summed E-state index contributed by atoms with van der Waals surface area (Å²) in [6.07, 6.45) is 2.13. The van der Waals surface area contributed by atoms with Gasteiger partial charge in [0.2, 0.25) is 0 Å². The van der Waals surface area contributed by atoms with E-state index in [9.17, 15) is 0 Å². The predicted octanol–water partition coefficient (Wildman–Crippen LogP) is 2.24. The van der Waals surface area contributed by atoms with E-state index in [1.54, 1.807) is 21.3 Å². The monoisotopic (exact) mass is 297 g/mol. The van der Waals surface area contributed by atoms with E-state index >= 15 is 0 Å². The van der Waals surface area contributed by atoms with Gasteiger partial charge in [0, 0.05) is 25.8 Å². The standard InChI is InChI=1S/C16H27NO4/c1-18-11-12-21-10-5-4-9-17-13-14-7-6-8-15(19-2)16(14)20-3/h6-8,17H,4-5,9-13H2,1-3H3. The molecule has 0 aliphatic heterocycles. The molecular weight excluding hydrogens is 270 g/mol. The molecule has 0 saturated heterocycles. The van der Waals surface area contributed by atoms with Gasteiger partial charge < -0.3 is 24.3 Å². The molecule has 0 spiro atoms. The smallest absolute Gasteiger partial charge is 0.165 e. The molecule has 0 atom stereocenters. The number of nitrogens with one attached hydrogen (secondary N) is 1. The molecule has 0 aliphatic carbocycles. The second kappa shape index (κ2) is 11.4. The molecule has 0 radical (unpaired) electrons. The van der Waals surface area contributed by atoms with E-state index in [2.05, 4.69) is 5.32 Å². The minimum atomic E-state index is 0.661. The lowest BCUT2D eigenvalue weighted by molar-refractivity contribution is 0.0688. The average molecular weight is 297 g/mol. The normalized spacial score (nSPS) is 10.6. The minimum Gasteiger partial charge on any atom is -0.493 e. The Morgan fingerprint density at radius 1 is 0.952 bits per heavy atom. The second-order valence-corrected chi connectivity index (χ2v) is 4.64. The van der Waals surface area contributed by atoms with Crippen LogP contribution in [0.2, 0.25) is 0 Å². The Kier molecular flexibility index (Phi) is 9.61. The summed E-state index contributed by atoms with van der Waals surface area (Å²) in [7, 11) is 5.00. The van der Waals surface area contributed by atoms with Gasteiger partial charge in [-0.3, -0.25) is 0 Å². The molecule has 0 aliphatic rings. The molecule has 1 aromatic carbocycles. The number of benzene rings is 1. The zero-order chi connectivity index (χ0) is 15.3. The van der Waals surface area contributed by atoms with E-state index in [4.69, 9.17) is 18.9 Å². The molecule has 5 heteroatoms. The first-order chi connectivity index (χ1) is 10.3. The van der Waals surface area contributed by atoms with Crippen molar-refractivity contribution in [3.05, 3.63) is 23.8 Å². The Labute approximate surface area is 127 Å². The fourth-order valence-corrected chi connectivity index (χ4v) is 2.01. The fourth-order valence-electron chi connectivity index (χ4n) is 2.01. The Morgan fingerprint density at radius 2 is 1.81 bits per heavy atom. The lowest BCUT2D eigenvalue weighted by Gasteiger charge is -2.13. The molecule has 0 aromatic heterocycles. The minimum absolute atomic E-state index is 0.661. The highest BCUT2D eigenvalue weighted by atomic mass is 16.5. The van der Waals surface area contributed by atoms with Gasteiger partial charge in [-0.1, -0.05) is 12.1 Å². The number of para-hydroxylation sites is 1. The quantitative estimate of drug-likeness (QED) is 0.600. The van der Waals surface area contributed by atoms with E-state index in [0.717, 1.165) is 49.6 Å². The van der Waals surface area contributed by atoms with Gasteiger partial charge >= 0.3 is 0 Å². The van der Waals surface area contributed by atoms with E-state index in [-0.39, 0.29) is 0 Å². The molecule has 0 fully saturated rings. The third-order valence-electron chi connectivity index (χ3n) is 3.12. The summed E-state index contributed by atoms with van der Waals surface area (Å²) in [6, 6.07) is 5.92. The van der Waals surface area contributed by atoms with Gasteiger partial charge in [0.05, 0.1) is 27.4 Å². The molecule has 21 heavy (non-hydrogen) atoms. The van der Waals surface area contributed by atoms with Gasteiger partial charge in [0.1, 0.15) is 0 Å². The molecule has 0 heterocycles. The summed E-state index contributed by atoms with van der Waals surface area (Å²) in [5, 5.41) is 3.41. The number of rotatable bonds is 12. The van der Waals surface area contributed by atoms with E-state index in [1.807, 2.05) is 18.2 Å². The topological polar surface area (TPSA) is 49.0 Å². The summed E-state index contributed by atoms with van der Waals surface area (Å²) in [5.74, 6) is 1.57. The zero-order valence-electron chi connectivity index (χ0n) is 13.3.